The molecular weight excluding hydrogens is 102 g/mol. The zero-order chi connectivity index (χ0) is 6.15. The Hall–Kier alpha value is -0.500. The van der Waals surface area contributed by atoms with Crippen LogP contribution >= 0.6 is 0 Å². The summed E-state index contributed by atoms with van der Waals surface area (Å²) in [5.41, 5.74) is 5.45. The molecule has 2 heteroatoms. The summed E-state index contributed by atoms with van der Waals surface area (Å²) in [5.74, 6) is 0.594. The first-order valence-electron chi connectivity index (χ1n) is 2.83. The SMILES string of the molecule is C=C(O)[C@H]1C[C@H](N)C1. The molecule has 1 rings (SSSR count). The summed E-state index contributed by atoms with van der Waals surface area (Å²) in [6.07, 6.45) is 1.82. The maximum absolute atomic E-state index is 8.74. The number of nitrogens with two attached hydrogens (primary N) is 1. The average molecular weight is 113 g/mol. The van der Waals surface area contributed by atoms with Crippen molar-refractivity contribution in [2.75, 3.05) is 0 Å². The Morgan fingerprint density at radius 3 is 2.25 bits per heavy atom. The van der Waals surface area contributed by atoms with Gasteiger partial charge in [-0.25, -0.2) is 0 Å². The van der Waals surface area contributed by atoms with Gasteiger partial charge in [0.05, 0.1) is 5.76 Å². The van der Waals surface area contributed by atoms with Crippen molar-refractivity contribution < 1.29 is 5.11 Å². The summed E-state index contributed by atoms with van der Waals surface area (Å²) in [5, 5.41) is 8.74. The van der Waals surface area contributed by atoms with Gasteiger partial charge in [0.1, 0.15) is 0 Å². The van der Waals surface area contributed by atoms with Crippen LogP contribution in [-0.4, -0.2) is 11.1 Å². The molecule has 0 bridgehead atoms. The third-order valence-electron chi connectivity index (χ3n) is 1.65. The fourth-order valence-corrected chi connectivity index (χ4v) is 0.934. The summed E-state index contributed by atoms with van der Waals surface area (Å²) in [6, 6.07) is 0.309. The zero-order valence-corrected chi connectivity index (χ0v) is 4.80. The Labute approximate surface area is 49.0 Å². The van der Waals surface area contributed by atoms with Crippen LogP contribution < -0.4 is 5.73 Å². The van der Waals surface area contributed by atoms with E-state index in [4.69, 9.17) is 10.8 Å². The molecule has 1 aliphatic rings. The number of aliphatic hydroxyl groups is 1. The lowest BCUT2D eigenvalue weighted by molar-refractivity contribution is 0.220. The summed E-state index contributed by atoms with van der Waals surface area (Å²) < 4.78 is 0. The number of aliphatic hydroxyl groups excluding tert-OH is 1. The molecule has 0 unspecified atom stereocenters. The summed E-state index contributed by atoms with van der Waals surface area (Å²) in [4.78, 5) is 0. The predicted molar refractivity (Wildman–Crippen MR) is 32.5 cm³/mol. The fraction of sp³-hybridized carbons (Fsp3) is 0.667. The van der Waals surface area contributed by atoms with E-state index >= 15 is 0 Å². The molecule has 1 saturated carbocycles. The maximum Gasteiger partial charge on any atom is 0.0883 e. The Bertz CT molecular complexity index is 105. The van der Waals surface area contributed by atoms with E-state index in [2.05, 4.69) is 6.58 Å². The minimum atomic E-state index is 0.296. The standard InChI is InChI=1S/C6H11NO/c1-4(8)5-2-6(7)3-5/h5-6,8H,1-3,7H2/t5-,6-. The summed E-state index contributed by atoms with van der Waals surface area (Å²) in [7, 11) is 0. The molecule has 8 heavy (non-hydrogen) atoms. The van der Waals surface area contributed by atoms with E-state index in [0.717, 1.165) is 12.8 Å². The van der Waals surface area contributed by atoms with Gasteiger partial charge in [0.2, 0.25) is 0 Å². The Morgan fingerprint density at radius 2 is 2.12 bits per heavy atom. The molecule has 0 radical (unpaired) electrons. The molecule has 1 aliphatic carbocycles. The fourth-order valence-electron chi connectivity index (χ4n) is 0.934. The van der Waals surface area contributed by atoms with Gasteiger partial charge in [0, 0.05) is 12.0 Å². The van der Waals surface area contributed by atoms with Gasteiger partial charge in [-0.3, -0.25) is 0 Å². The van der Waals surface area contributed by atoms with Crippen molar-refractivity contribution in [3.63, 3.8) is 0 Å². The average Bonchev–Trinajstić information content (AvgIpc) is 1.57. The van der Waals surface area contributed by atoms with Gasteiger partial charge < -0.3 is 10.8 Å². The molecule has 1 fully saturated rings. The van der Waals surface area contributed by atoms with Gasteiger partial charge in [-0.05, 0) is 12.8 Å². The third kappa shape index (κ3) is 0.842. The molecule has 0 aromatic rings. The highest BCUT2D eigenvalue weighted by Crippen LogP contribution is 2.29. The molecular formula is C6H11NO. The minimum Gasteiger partial charge on any atom is -0.513 e. The molecule has 0 saturated heterocycles. The van der Waals surface area contributed by atoms with E-state index in [9.17, 15) is 0 Å². The summed E-state index contributed by atoms with van der Waals surface area (Å²) >= 11 is 0. The summed E-state index contributed by atoms with van der Waals surface area (Å²) in [6.45, 7) is 3.41. The van der Waals surface area contributed by atoms with Crippen molar-refractivity contribution in [2.45, 2.75) is 18.9 Å². The molecule has 0 aromatic carbocycles. The lowest BCUT2D eigenvalue weighted by Gasteiger charge is -2.31. The van der Waals surface area contributed by atoms with Crippen molar-refractivity contribution in [3.05, 3.63) is 12.3 Å². The molecule has 0 heterocycles. The second-order valence-electron chi connectivity index (χ2n) is 2.42. The van der Waals surface area contributed by atoms with Crippen LogP contribution in [0.15, 0.2) is 12.3 Å². The topological polar surface area (TPSA) is 46.2 Å². The van der Waals surface area contributed by atoms with Crippen LogP contribution in [0.5, 0.6) is 0 Å². The first kappa shape index (κ1) is 5.63. The van der Waals surface area contributed by atoms with Crippen molar-refractivity contribution in [1.29, 1.82) is 0 Å². The van der Waals surface area contributed by atoms with Crippen LogP contribution in [0.2, 0.25) is 0 Å². The van der Waals surface area contributed by atoms with E-state index in [-0.39, 0.29) is 0 Å². The van der Waals surface area contributed by atoms with Crippen LogP contribution in [0.1, 0.15) is 12.8 Å². The monoisotopic (exact) mass is 113 g/mol. The van der Waals surface area contributed by atoms with E-state index in [1.807, 2.05) is 0 Å². The van der Waals surface area contributed by atoms with Gasteiger partial charge in [-0.1, -0.05) is 6.58 Å². The second-order valence-corrected chi connectivity index (χ2v) is 2.42. The normalized spacial score (nSPS) is 36.1. The highest BCUT2D eigenvalue weighted by atomic mass is 16.3. The van der Waals surface area contributed by atoms with E-state index < -0.39 is 0 Å². The second kappa shape index (κ2) is 1.78. The molecule has 3 N–H and O–H groups in total. The first-order valence-corrected chi connectivity index (χ1v) is 2.83. The molecule has 0 atom stereocenters. The van der Waals surface area contributed by atoms with E-state index in [0.29, 0.717) is 17.7 Å². The molecule has 46 valence electrons. The van der Waals surface area contributed by atoms with Crippen molar-refractivity contribution >= 4 is 0 Å². The van der Waals surface area contributed by atoms with Gasteiger partial charge >= 0.3 is 0 Å². The van der Waals surface area contributed by atoms with E-state index in [1.165, 1.54) is 0 Å². The number of hydrogen-bond acceptors (Lipinski definition) is 2. The van der Waals surface area contributed by atoms with Crippen LogP contribution in [0.3, 0.4) is 0 Å². The number of rotatable bonds is 1. The maximum atomic E-state index is 8.74. The van der Waals surface area contributed by atoms with Crippen molar-refractivity contribution in [3.8, 4) is 0 Å². The smallest absolute Gasteiger partial charge is 0.0883 e. The number of hydrogen-bond donors (Lipinski definition) is 2. The molecule has 0 spiro atoms. The van der Waals surface area contributed by atoms with Crippen LogP contribution in [-0.2, 0) is 0 Å². The van der Waals surface area contributed by atoms with Gasteiger partial charge in [-0.2, -0.15) is 0 Å². The largest absolute Gasteiger partial charge is 0.513 e. The molecule has 2 nitrogen and oxygen atoms in total. The lowest BCUT2D eigenvalue weighted by atomic mass is 9.80. The quantitative estimate of drug-likeness (QED) is 0.494. The van der Waals surface area contributed by atoms with Gasteiger partial charge in [0.25, 0.3) is 0 Å². The van der Waals surface area contributed by atoms with E-state index in [1.54, 1.807) is 0 Å². The van der Waals surface area contributed by atoms with Crippen LogP contribution in [0.25, 0.3) is 0 Å². The molecule has 0 aromatic heterocycles. The highest BCUT2D eigenvalue weighted by molar-refractivity contribution is 4.98. The Morgan fingerprint density at radius 1 is 1.62 bits per heavy atom. The molecule has 0 amide bonds. The number of allylic oxidation sites excluding steroid dienone is 1. The van der Waals surface area contributed by atoms with Gasteiger partial charge in [0.15, 0.2) is 0 Å². The van der Waals surface area contributed by atoms with Gasteiger partial charge in [-0.15, -0.1) is 0 Å². The van der Waals surface area contributed by atoms with Crippen LogP contribution in [0, 0.1) is 5.92 Å². The Balaban J connectivity index is 2.25. The van der Waals surface area contributed by atoms with Crippen molar-refractivity contribution in [1.82, 2.24) is 0 Å². The lowest BCUT2D eigenvalue weighted by Crippen LogP contribution is -2.36. The Kier molecular flexibility index (Phi) is 1.26. The zero-order valence-electron chi connectivity index (χ0n) is 4.80. The van der Waals surface area contributed by atoms with Crippen LogP contribution in [0.4, 0.5) is 0 Å². The first-order chi connectivity index (χ1) is 3.70. The minimum absolute atomic E-state index is 0.296. The third-order valence-corrected chi connectivity index (χ3v) is 1.65. The highest BCUT2D eigenvalue weighted by Gasteiger charge is 2.27. The van der Waals surface area contributed by atoms with Crippen molar-refractivity contribution in [2.24, 2.45) is 11.7 Å². The predicted octanol–water partition coefficient (Wildman–Crippen LogP) is 0.795. The molecule has 0 aliphatic heterocycles.